The van der Waals surface area contributed by atoms with E-state index in [0.717, 1.165) is 0 Å². The molecule has 3 rings (SSSR count). The third-order valence-corrected chi connectivity index (χ3v) is 3.29. The van der Waals surface area contributed by atoms with Crippen LogP contribution in [0.1, 0.15) is 24.4 Å². The molecule has 0 fully saturated rings. The quantitative estimate of drug-likeness (QED) is 0.570. The normalized spacial score (nSPS) is 11.7. The highest BCUT2D eigenvalue weighted by Crippen LogP contribution is 2.22. The van der Waals surface area contributed by atoms with E-state index >= 15 is 0 Å². The summed E-state index contributed by atoms with van der Waals surface area (Å²) in [6, 6.07) is 6.42. The first-order chi connectivity index (χ1) is 13.0. The molecule has 0 saturated heterocycles. The van der Waals surface area contributed by atoms with Crippen LogP contribution in [0.3, 0.4) is 0 Å². The summed E-state index contributed by atoms with van der Waals surface area (Å²) >= 11 is 0. The van der Waals surface area contributed by atoms with Gasteiger partial charge in [-0.25, -0.2) is 15.1 Å². The fourth-order valence-electron chi connectivity index (χ4n) is 2.11. The van der Waals surface area contributed by atoms with Crippen LogP contribution in [-0.4, -0.2) is 37.0 Å². The lowest BCUT2D eigenvalue weighted by Crippen LogP contribution is -2.12. The van der Waals surface area contributed by atoms with Gasteiger partial charge < -0.3 is 15.4 Å². The molecule has 3 N–H and O–H groups in total. The molecule has 1 atom stereocenters. The van der Waals surface area contributed by atoms with E-state index in [-0.39, 0.29) is 35.1 Å². The SMILES string of the molecule is C[C@@H](Nc1nc(Nc2cc(OC(F)F)[nH]n2)cnc1C#N)c1cccnn1. The van der Waals surface area contributed by atoms with Crippen LogP contribution in [0.4, 0.5) is 26.2 Å². The lowest BCUT2D eigenvalue weighted by atomic mass is 10.2. The van der Waals surface area contributed by atoms with Crippen molar-refractivity contribution in [3.05, 3.63) is 42.0 Å². The first-order valence-electron chi connectivity index (χ1n) is 7.63. The second kappa shape index (κ2) is 8.00. The van der Waals surface area contributed by atoms with Crippen LogP contribution in [0.5, 0.6) is 5.88 Å². The molecule has 138 valence electrons. The van der Waals surface area contributed by atoms with Crippen LogP contribution in [0.15, 0.2) is 30.6 Å². The molecule has 27 heavy (non-hydrogen) atoms. The van der Waals surface area contributed by atoms with Gasteiger partial charge in [-0.05, 0) is 19.1 Å². The van der Waals surface area contributed by atoms with Crippen molar-refractivity contribution in [2.45, 2.75) is 19.6 Å². The molecule has 0 radical (unpaired) electrons. The monoisotopic (exact) mass is 373 g/mol. The minimum atomic E-state index is -2.97. The molecule has 0 amide bonds. The van der Waals surface area contributed by atoms with E-state index in [1.165, 1.54) is 12.3 Å². The average molecular weight is 373 g/mol. The van der Waals surface area contributed by atoms with Crippen LogP contribution >= 0.6 is 0 Å². The number of aromatic amines is 1. The number of halogens is 2. The molecule has 3 aromatic rings. The molecule has 0 aliphatic heterocycles. The predicted octanol–water partition coefficient (Wildman–Crippen LogP) is 2.38. The fourth-order valence-corrected chi connectivity index (χ4v) is 2.11. The molecule has 0 saturated carbocycles. The maximum absolute atomic E-state index is 12.2. The molecule has 10 nitrogen and oxygen atoms in total. The van der Waals surface area contributed by atoms with Crippen molar-refractivity contribution in [2.24, 2.45) is 0 Å². The highest BCUT2D eigenvalue weighted by atomic mass is 19.3. The molecule has 0 unspecified atom stereocenters. The van der Waals surface area contributed by atoms with Gasteiger partial charge in [-0.15, -0.1) is 0 Å². The smallest absolute Gasteiger partial charge is 0.388 e. The fraction of sp³-hybridized carbons (Fsp3) is 0.200. The Labute approximate surface area is 151 Å². The van der Waals surface area contributed by atoms with E-state index in [1.54, 1.807) is 18.3 Å². The molecule has 3 heterocycles. The van der Waals surface area contributed by atoms with Crippen molar-refractivity contribution in [1.82, 2.24) is 30.4 Å². The second-order valence-electron chi connectivity index (χ2n) is 5.20. The lowest BCUT2D eigenvalue weighted by Gasteiger charge is -2.14. The van der Waals surface area contributed by atoms with E-state index < -0.39 is 6.61 Å². The van der Waals surface area contributed by atoms with E-state index in [1.807, 2.05) is 13.0 Å². The standard InChI is InChI=1S/C15H13F2N9O/c1-8(9-3-2-4-20-24-9)21-14-10(6-18)19-7-12(23-14)22-11-5-13(26-25-11)27-15(16)17/h2-5,7-8,15H,1H3,(H3,21,22,23,25,26)/t8-/m1/s1. The number of nitrogens with zero attached hydrogens (tertiary/aromatic N) is 6. The number of hydrogen-bond acceptors (Lipinski definition) is 9. The van der Waals surface area contributed by atoms with Crippen molar-refractivity contribution in [3.63, 3.8) is 0 Å². The summed E-state index contributed by atoms with van der Waals surface area (Å²) in [7, 11) is 0. The van der Waals surface area contributed by atoms with E-state index in [0.29, 0.717) is 5.69 Å². The number of aromatic nitrogens is 6. The van der Waals surface area contributed by atoms with Gasteiger partial charge in [0.05, 0.1) is 17.9 Å². The Hall–Kier alpha value is -3.88. The summed E-state index contributed by atoms with van der Waals surface area (Å²) in [6.45, 7) is -1.14. The molecule has 3 aromatic heterocycles. The number of alkyl halides is 2. The van der Waals surface area contributed by atoms with Gasteiger partial charge in [-0.1, -0.05) is 0 Å². The zero-order valence-corrected chi connectivity index (χ0v) is 13.9. The van der Waals surface area contributed by atoms with Crippen molar-refractivity contribution in [2.75, 3.05) is 10.6 Å². The van der Waals surface area contributed by atoms with Crippen LogP contribution < -0.4 is 15.4 Å². The van der Waals surface area contributed by atoms with Gasteiger partial charge in [0.15, 0.2) is 23.1 Å². The minimum Gasteiger partial charge on any atom is -0.417 e. The zero-order chi connectivity index (χ0) is 19.2. The van der Waals surface area contributed by atoms with Crippen LogP contribution in [0.25, 0.3) is 0 Å². The number of nitrogens with one attached hydrogen (secondary N) is 3. The van der Waals surface area contributed by atoms with Crippen molar-refractivity contribution in [1.29, 1.82) is 5.26 Å². The highest BCUT2D eigenvalue weighted by molar-refractivity contribution is 5.57. The molecular weight excluding hydrogens is 360 g/mol. The van der Waals surface area contributed by atoms with Crippen LogP contribution in [0, 0.1) is 11.3 Å². The van der Waals surface area contributed by atoms with Gasteiger partial charge in [0, 0.05) is 12.3 Å². The zero-order valence-electron chi connectivity index (χ0n) is 13.9. The number of anilines is 3. The lowest BCUT2D eigenvalue weighted by molar-refractivity contribution is -0.0528. The van der Waals surface area contributed by atoms with Gasteiger partial charge in [-0.3, -0.25) is 0 Å². The molecular formula is C15H13F2N9O. The van der Waals surface area contributed by atoms with Crippen LogP contribution in [0.2, 0.25) is 0 Å². The van der Waals surface area contributed by atoms with Gasteiger partial charge in [-0.2, -0.15) is 29.3 Å². The average Bonchev–Trinajstić information content (AvgIpc) is 3.08. The largest absolute Gasteiger partial charge is 0.417 e. The van der Waals surface area contributed by atoms with Crippen molar-refractivity contribution in [3.8, 4) is 11.9 Å². The van der Waals surface area contributed by atoms with Gasteiger partial charge >= 0.3 is 6.61 Å². The van der Waals surface area contributed by atoms with E-state index in [9.17, 15) is 14.0 Å². The Morgan fingerprint density at radius 3 is 2.89 bits per heavy atom. The Kier molecular flexibility index (Phi) is 5.31. The predicted molar refractivity (Wildman–Crippen MR) is 89.3 cm³/mol. The molecule has 0 aromatic carbocycles. The minimum absolute atomic E-state index is 0.0834. The Morgan fingerprint density at radius 1 is 1.33 bits per heavy atom. The second-order valence-corrected chi connectivity index (χ2v) is 5.20. The Bertz CT molecular complexity index is 942. The summed E-state index contributed by atoms with van der Waals surface area (Å²) < 4.78 is 28.6. The number of nitriles is 1. The molecule has 0 aliphatic carbocycles. The first-order valence-corrected chi connectivity index (χ1v) is 7.63. The summed E-state index contributed by atoms with van der Waals surface area (Å²) in [6.07, 6.45) is 2.87. The highest BCUT2D eigenvalue weighted by Gasteiger charge is 2.14. The van der Waals surface area contributed by atoms with Crippen molar-refractivity contribution < 1.29 is 13.5 Å². The van der Waals surface area contributed by atoms with Gasteiger partial charge in [0.1, 0.15) is 6.07 Å². The third-order valence-electron chi connectivity index (χ3n) is 3.29. The van der Waals surface area contributed by atoms with Gasteiger partial charge in [0.2, 0.25) is 5.88 Å². The molecule has 0 bridgehead atoms. The number of hydrogen-bond donors (Lipinski definition) is 3. The summed E-state index contributed by atoms with van der Waals surface area (Å²) in [5, 5.41) is 28.9. The summed E-state index contributed by atoms with van der Waals surface area (Å²) in [4.78, 5) is 8.30. The Balaban J connectivity index is 1.77. The van der Waals surface area contributed by atoms with E-state index in [2.05, 4.69) is 45.7 Å². The van der Waals surface area contributed by atoms with Crippen LogP contribution in [-0.2, 0) is 0 Å². The number of ether oxygens (including phenoxy) is 1. The summed E-state index contributed by atoms with van der Waals surface area (Å²) in [5.74, 6) is 0.458. The maximum atomic E-state index is 12.2. The maximum Gasteiger partial charge on any atom is 0.388 e. The molecule has 0 spiro atoms. The summed E-state index contributed by atoms with van der Waals surface area (Å²) in [5.41, 5.74) is 0.739. The third kappa shape index (κ3) is 4.60. The number of H-pyrrole nitrogens is 1. The topological polar surface area (TPSA) is 137 Å². The first kappa shape index (κ1) is 17.9. The van der Waals surface area contributed by atoms with Gasteiger partial charge in [0.25, 0.3) is 0 Å². The molecule has 0 aliphatic rings. The number of rotatable bonds is 7. The van der Waals surface area contributed by atoms with Crippen molar-refractivity contribution >= 4 is 17.5 Å². The Morgan fingerprint density at radius 2 is 2.19 bits per heavy atom. The molecule has 12 heteroatoms. The van der Waals surface area contributed by atoms with E-state index in [4.69, 9.17) is 0 Å².